The summed E-state index contributed by atoms with van der Waals surface area (Å²) in [4.78, 5) is 9.13. The molecule has 0 spiro atoms. The lowest BCUT2D eigenvalue weighted by Crippen LogP contribution is -2.28. The lowest BCUT2D eigenvalue weighted by atomic mass is 9.63. The number of nitrogens with zero attached hydrogens (tertiary/aromatic N) is 3. The highest BCUT2D eigenvalue weighted by molar-refractivity contribution is 14.1. The van der Waals surface area contributed by atoms with Crippen LogP contribution in [-0.4, -0.2) is 17.4 Å². The highest BCUT2D eigenvalue weighted by atomic mass is 127. The largest absolute Gasteiger partial charge is 0.471 e. The topological polar surface area (TPSA) is 50.8 Å². The van der Waals surface area contributed by atoms with Crippen molar-refractivity contribution in [3.8, 4) is 0 Å². The fraction of sp³-hybridized carbons (Fsp3) is 0.150. The van der Waals surface area contributed by atoms with E-state index in [1.54, 1.807) is 0 Å². The summed E-state index contributed by atoms with van der Waals surface area (Å²) in [6.45, 7) is 1.96. The number of hydrogen-bond acceptors (Lipinski definition) is 4. The first-order valence-electron chi connectivity index (χ1n) is 8.14. The quantitative estimate of drug-likeness (QED) is 0.408. The normalized spacial score (nSPS) is 21.5. The molecule has 0 fully saturated rings. The van der Waals surface area contributed by atoms with Crippen molar-refractivity contribution in [3.63, 3.8) is 0 Å². The molecule has 4 nitrogen and oxygen atoms in total. The maximum absolute atomic E-state index is 5.42. The molecule has 0 radical (unpaired) electrons. The third kappa shape index (κ3) is 2.02. The second-order valence-electron chi connectivity index (χ2n) is 6.31. The van der Waals surface area contributed by atoms with E-state index in [1.165, 1.54) is 22.3 Å². The minimum Gasteiger partial charge on any atom is -0.471 e. The fourth-order valence-electron chi connectivity index (χ4n) is 4.24. The fourth-order valence-corrected chi connectivity index (χ4v) is 4.54. The zero-order valence-electron chi connectivity index (χ0n) is 13.5. The summed E-state index contributed by atoms with van der Waals surface area (Å²) in [5.74, 6) is 0.220. The van der Waals surface area contributed by atoms with E-state index in [2.05, 4.69) is 26.4 Å². The molecule has 2 bridgehead atoms. The van der Waals surface area contributed by atoms with E-state index in [4.69, 9.17) is 9.41 Å². The Morgan fingerprint density at radius 1 is 1.08 bits per heavy atom. The molecule has 2 aromatic heterocycles. The van der Waals surface area contributed by atoms with Gasteiger partial charge in [-0.25, -0.2) is 3.21 Å². The minimum absolute atomic E-state index is 0.109. The monoisotopic (exact) mass is 439 g/mol. The second-order valence-corrected chi connectivity index (χ2v) is 6.86. The maximum atomic E-state index is 5.42. The molecule has 2 heterocycles. The van der Waals surface area contributed by atoms with Crippen LogP contribution >= 0.6 is 22.9 Å². The predicted molar refractivity (Wildman–Crippen MR) is 108 cm³/mol. The minimum atomic E-state index is 0.109. The molecule has 1 aromatic carbocycles. The first-order valence-corrected chi connectivity index (χ1v) is 9.10. The van der Waals surface area contributed by atoms with Crippen molar-refractivity contribution in [2.45, 2.75) is 18.8 Å². The molecule has 3 aromatic rings. The molecule has 2 atom stereocenters. The molecule has 2 unspecified atom stereocenters. The number of halogens is 1. The standard InChI is InChI=1S/C20H14IN3O/c1-2-23-20-17(8-24-21)18-14-5-11-9-25-10-12(11)6-15(14)19(20)13-3-4-22-7-16(13)18/h2-10,18-19H,1H3/b23-2-,24-8-. The third-order valence-corrected chi connectivity index (χ3v) is 5.42. The molecule has 0 saturated heterocycles. The van der Waals surface area contributed by atoms with Crippen LogP contribution in [0.25, 0.3) is 10.8 Å². The van der Waals surface area contributed by atoms with Gasteiger partial charge in [-0.05, 0) is 47.4 Å². The molecule has 0 amide bonds. The van der Waals surface area contributed by atoms with Gasteiger partial charge in [0.2, 0.25) is 0 Å². The molecule has 6 rings (SSSR count). The van der Waals surface area contributed by atoms with Crippen molar-refractivity contribution in [3.05, 3.63) is 76.6 Å². The number of benzene rings is 1. The summed E-state index contributed by atoms with van der Waals surface area (Å²) in [6, 6.07) is 6.62. The van der Waals surface area contributed by atoms with Gasteiger partial charge in [0.05, 0.1) is 47.0 Å². The number of aromatic nitrogens is 1. The van der Waals surface area contributed by atoms with Crippen LogP contribution in [0.5, 0.6) is 0 Å². The van der Waals surface area contributed by atoms with Crippen molar-refractivity contribution in [1.82, 2.24) is 4.98 Å². The van der Waals surface area contributed by atoms with Gasteiger partial charge in [0.25, 0.3) is 0 Å². The average Bonchev–Trinajstić information content (AvgIpc) is 3.09. The molecular formula is C20H14IN3O. The predicted octanol–water partition coefficient (Wildman–Crippen LogP) is 5.18. The summed E-state index contributed by atoms with van der Waals surface area (Å²) < 4.78 is 9.70. The van der Waals surface area contributed by atoms with E-state index >= 15 is 0 Å². The van der Waals surface area contributed by atoms with E-state index in [9.17, 15) is 0 Å². The Hall–Kier alpha value is -2.28. The number of pyridine rings is 1. The Morgan fingerprint density at radius 2 is 1.84 bits per heavy atom. The Balaban J connectivity index is 1.89. The van der Waals surface area contributed by atoms with Gasteiger partial charge in [-0.15, -0.1) is 0 Å². The highest BCUT2D eigenvalue weighted by Gasteiger charge is 2.43. The number of fused-ring (bicyclic) bond motifs is 1. The summed E-state index contributed by atoms with van der Waals surface area (Å²) in [6.07, 6.45) is 11.3. The van der Waals surface area contributed by atoms with E-state index in [0.717, 1.165) is 22.0 Å². The lowest BCUT2D eigenvalue weighted by molar-refractivity contribution is 0.572. The van der Waals surface area contributed by atoms with E-state index < -0.39 is 0 Å². The van der Waals surface area contributed by atoms with E-state index in [0.29, 0.717) is 0 Å². The summed E-state index contributed by atoms with van der Waals surface area (Å²) >= 11 is 2.03. The van der Waals surface area contributed by atoms with Crippen molar-refractivity contribution in [1.29, 1.82) is 0 Å². The summed E-state index contributed by atoms with van der Waals surface area (Å²) in [5.41, 5.74) is 7.41. The van der Waals surface area contributed by atoms with Crippen LogP contribution in [0.3, 0.4) is 0 Å². The van der Waals surface area contributed by atoms with Crippen molar-refractivity contribution >= 4 is 46.1 Å². The van der Waals surface area contributed by atoms with Crippen molar-refractivity contribution in [2.24, 2.45) is 8.20 Å². The van der Waals surface area contributed by atoms with Crippen LogP contribution in [-0.2, 0) is 0 Å². The van der Waals surface area contributed by atoms with Crippen LogP contribution in [0, 0.1) is 0 Å². The second kappa shape index (κ2) is 5.62. The van der Waals surface area contributed by atoms with Crippen LogP contribution in [0.15, 0.2) is 67.0 Å². The molecule has 0 saturated carbocycles. The lowest BCUT2D eigenvalue weighted by Gasteiger charge is -2.41. The molecule has 25 heavy (non-hydrogen) atoms. The van der Waals surface area contributed by atoms with Gasteiger partial charge in [0.15, 0.2) is 0 Å². The Labute approximate surface area is 158 Å². The number of aliphatic imine (C=N–C) groups is 1. The van der Waals surface area contributed by atoms with Crippen LogP contribution < -0.4 is 0 Å². The first kappa shape index (κ1) is 15.0. The molecule has 3 aliphatic rings. The van der Waals surface area contributed by atoms with Gasteiger partial charge in [-0.3, -0.25) is 9.98 Å². The van der Waals surface area contributed by atoms with Gasteiger partial charge in [0.1, 0.15) is 0 Å². The Bertz CT molecular complexity index is 1010. The van der Waals surface area contributed by atoms with Gasteiger partial charge >= 0.3 is 0 Å². The SMILES string of the molecule is C/C=N\C1=C(/C=N\I)C2c3cnccc3C1c1cc3cocc3cc12. The number of allylic oxidation sites excluding steroid dienone is 2. The summed E-state index contributed by atoms with van der Waals surface area (Å²) in [7, 11) is 0. The van der Waals surface area contributed by atoms with Gasteiger partial charge in [0, 0.05) is 47.1 Å². The van der Waals surface area contributed by atoms with Gasteiger partial charge in [-0.1, -0.05) is 0 Å². The van der Waals surface area contributed by atoms with Crippen molar-refractivity contribution in [2.75, 3.05) is 0 Å². The molecule has 3 aliphatic carbocycles. The molecule has 122 valence electrons. The molecular weight excluding hydrogens is 425 g/mol. The van der Waals surface area contributed by atoms with Crippen molar-refractivity contribution < 1.29 is 4.42 Å². The van der Waals surface area contributed by atoms with Crippen LogP contribution in [0.4, 0.5) is 0 Å². The molecule has 0 aliphatic heterocycles. The van der Waals surface area contributed by atoms with Gasteiger partial charge < -0.3 is 4.42 Å². The number of rotatable bonds is 2. The number of furan rings is 1. The average molecular weight is 439 g/mol. The van der Waals surface area contributed by atoms with Crippen LogP contribution in [0.2, 0.25) is 0 Å². The Morgan fingerprint density at radius 3 is 2.56 bits per heavy atom. The zero-order chi connectivity index (χ0) is 17.0. The Kier molecular flexibility index (Phi) is 3.38. The van der Waals surface area contributed by atoms with Gasteiger partial charge in [-0.2, -0.15) is 0 Å². The van der Waals surface area contributed by atoms with Crippen LogP contribution in [0.1, 0.15) is 41.0 Å². The first-order chi connectivity index (χ1) is 12.3. The van der Waals surface area contributed by atoms with E-state index in [-0.39, 0.29) is 11.8 Å². The maximum Gasteiger partial charge on any atom is 0.0981 e. The zero-order valence-corrected chi connectivity index (χ0v) is 15.6. The highest BCUT2D eigenvalue weighted by Crippen LogP contribution is 2.55. The van der Waals surface area contributed by atoms with E-state index in [1.807, 2.05) is 67.1 Å². The third-order valence-electron chi connectivity index (χ3n) is 5.15. The number of hydrogen-bond donors (Lipinski definition) is 0. The molecule has 0 N–H and O–H groups in total. The summed E-state index contributed by atoms with van der Waals surface area (Å²) in [5, 5.41) is 2.26. The smallest absolute Gasteiger partial charge is 0.0981 e. The molecule has 5 heteroatoms.